The standard InChI is InChI=1S/C23H34N4O3/c1-3-21(28)24-19-16-20(25(2)17-19)23(30)27-14-12-26(13-15-27)22(29)11-7-10-18-8-5-4-6-9-18/h4-6,8-9,19-20H,3,7,10-17H2,1-2H3,(H,24,28)/t19-,20+/m1/s1. The largest absolute Gasteiger partial charge is 0.352 e. The highest BCUT2D eigenvalue weighted by Gasteiger charge is 2.38. The van der Waals surface area contributed by atoms with Crippen molar-refractivity contribution >= 4 is 17.7 Å². The summed E-state index contributed by atoms with van der Waals surface area (Å²) in [6.45, 7) is 4.89. The van der Waals surface area contributed by atoms with Gasteiger partial charge in [-0.25, -0.2) is 0 Å². The minimum atomic E-state index is -0.194. The molecule has 2 saturated heterocycles. The lowest BCUT2D eigenvalue weighted by Crippen LogP contribution is -2.54. The average molecular weight is 415 g/mol. The molecule has 3 rings (SSSR count). The third-order valence-electron chi connectivity index (χ3n) is 6.16. The second-order valence-electron chi connectivity index (χ2n) is 8.35. The average Bonchev–Trinajstić information content (AvgIpc) is 3.13. The third-order valence-corrected chi connectivity index (χ3v) is 6.16. The molecule has 0 spiro atoms. The van der Waals surface area contributed by atoms with Crippen LogP contribution in [-0.2, 0) is 20.8 Å². The van der Waals surface area contributed by atoms with Gasteiger partial charge in [0.2, 0.25) is 17.7 Å². The molecule has 164 valence electrons. The Bertz CT molecular complexity index is 731. The molecule has 0 unspecified atom stereocenters. The van der Waals surface area contributed by atoms with E-state index in [-0.39, 0.29) is 29.8 Å². The van der Waals surface area contributed by atoms with E-state index >= 15 is 0 Å². The molecule has 1 aromatic carbocycles. The van der Waals surface area contributed by atoms with Crippen LogP contribution in [0.5, 0.6) is 0 Å². The number of nitrogens with one attached hydrogen (secondary N) is 1. The summed E-state index contributed by atoms with van der Waals surface area (Å²) in [5, 5.41) is 3.00. The molecule has 7 heteroatoms. The topological polar surface area (TPSA) is 73.0 Å². The summed E-state index contributed by atoms with van der Waals surface area (Å²) < 4.78 is 0. The summed E-state index contributed by atoms with van der Waals surface area (Å²) in [6, 6.07) is 10.1. The third kappa shape index (κ3) is 5.81. The maximum atomic E-state index is 13.0. The molecule has 3 amide bonds. The Morgan fingerprint density at radius 2 is 1.70 bits per heavy atom. The Balaban J connectivity index is 1.40. The van der Waals surface area contributed by atoms with Gasteiger partial charge in [0.25, 0.3) is 0 Å². The first-order valence-corrected chi connectivity index (χ1v) is 11.1. The molecular weight excluding hydrogens is 380 g/mol. The SMILES string of the molecule is CCC(=O)N[C@@H]1C[C@@H](C(=O)N2CCN(C(=O)CCCc3ccccc3)CC2)N(C)C1. The van der Waals surface area contributed by atoms with Crippen LogP contribution >= 0.6 is 0 Å². The van der Waals surface area contributed by atoms with E-state index in [0.29, 0.717) is 52.0 Å². The zero-order valence-electron chi connectivity index (χ0n) is 18.2. The zero-order valence-corrected chi connectivity index (χ0v) is 18.2. The molecule has 7 nitrogen and oxygen atoms in total. The highest BCUT2D eigenvalue weighted by Crippen LogP contribution is 2.19. The van der Waals surface area contributed by atoms with Gasteiger partial charge in [-0.05, 0) is 31.9 Å². The molecule has 2 aliphatic heterocycles. The van der Waals surface area contributed by atoms with Crippen LogP contribution in [0.1, 0.15) is 38.2 Å². The number of carbonyl (C=O) groups is 3. The first-order valence-electron chi connectivity index (χ1n) is 11.1. The number of amides is 3. The van der Waals surface area contributed by atoms with Crippen molar-refractivity contribution in [3.8, 4) is 0 Å². The van der Waals surface area contributed by atoms with Crippen molar-refractivity contribution in [1.29, 1.82) is 0 Å². The van der Waals surface area contributed by atoms with Gasteiger partial charge in [0.05, 0.1) is 6.04 Å². The highest BCUT2D eigenvalue weighted by atomic mass is 16.2. The predicted octanol–water partition coefficient (Wildman–Crippen LogP) is 1.28. The molecule has 0 bridgehead atoms. The smallest absolute Gasteiger partial charge is 0.240 e. The van der Waals surface area contributed by atoms with E-state index in [4.69, 9.17) is 0 Å². The van der Waals surface area contributed by atoms with E-state index in [2.05, 4.69) is 17.4 Å². The van der Waals surface area contributed by atoms with Gasteiger partial charge in [-0.3, -0.25) is 19.3 Å². The predicted molar refractivity (Wildman–Crippen MR) is 116 cm³/mol. The zero-order chi connectivity index (χ0) is 21.5. The lowest BCUT2D eigenvalue weighted by atomic mass is 10.1. The van der Waals surface area contributed by atoms with E-state index in [9.17, 15) is 14.4 Å². The summed E-state index contributed by atoms with van der Waals surface area (Å²) in [4.78, 5) is 42.9. The molecule has 2 heterocycles. The van der Waals surface area contributed by atoms with Crippen molar-refractivity contribution in [1.82, 2.24) is 20.0 Å². The van der Waals surface area contributed by atoms with Gasteiger partial charge in [0.15, 0.2) is 0 Å². The van der Waals surface area contributed by atoms with E-state index < -0.39 is 0 Å². The molecule has 30 heavy (non-hydrogen) atoms. The van der Waals surface area contributed by atoms with Crippen LogP contribution in [-0.4, -0.2) is 84.3 Å². The summed E-state index contributed by atoms with van der Waals surface area (Å²) >= 11 is 0. The quantitative estimate of drug-likeness (QED) is 0.730. The van der Waals surface area contributed by atoms with Crippen LogP contribution in [0, 0.1) is 0 Å². The van der Waals surface area contributed by atoms with Crippen molar-refractivity contribution in [2.24, 2.45) is 0 Å². The van der Waals surface area contributed by atoms with Crippen molar-refractivity contribution in [3.63, 3.8) is 0 Å². The second-order valence-corrected chi connectivity index (χ2v) is 8.35. The first kappa shape index (κ1) is 22.3. The molecule has 1 N–H and O–H groups in total. The molecule has 2 aliphatic rings. The number of likely N-dealkylation sites (N-methyl/N-ethyl adjacent to an activating group) is 1. The number of aryl methyl sites for hydroxylation is 1. The molecule has 0 aliphatic carbocycles. The van der Waals surface area contributed by atoms with E-state index in [1.165, 1.54) is 5.56 Å². The number of piperazine rings is 1. The maximum absolute atomic E-state index is 13.0. The van der Waals surface area contributed by atoms with E-state index in [1.807, 2.05) is 46.9 Å². The van der Waals surface area contributed by atoms with Gasteiger partial charge < -0.3 is 15.1 Å². The first-order chi connectivity index (χ1) is 14.5. The minimum absolute atomic E-state index is 0.0286. The van der Waals surface area contributed by atoms with E-state index in [1.54, 1.807) is 0 Å². The number of likely N-dealkylation sites (tertiary alicyclic amines) is 1. The van der Waals surface area contributed by atoms with Gasteiger partial charge in [-0.15, -0.1) is 0 Å². The van der Waals surface area contributed by atoms with Crippen molar-refractivity contribution < 1.29 is 14.4 Å². The summed E-state index contributed by atoms with van der Waals surface area (Å²) in [6.07, 6.45) is 3.42. The van der Waals surface area contributed by atoms with Gasteiger partial charge in [-0.2, -0.15) is 0 Å². The van der Waals surface area contributed by atoms with Crippen molar-refractivity contribution in [2.45, 2.75) is 51.1 Å². The number of nitrogens with zero attached hydrogens (tertiary/aromatic N) is 3. The number of rotatable bonds is 7. The Hall–Kier alpha value is -2.41. The van der Waals surface area contributed by atoms with Crippen LogP contribution < -0.4 is 5.32 Å². The summed E-state index contributed by atoms with van der Waals surface area (Å²) in [5.74, 6) is 0.321. The molecule has 0 aromatic heterocycles. The van der Waals surface area contributed by atoms with Gasteiger partial charge >= 0.3 is 0 Å². The summed E-state index contributed by atoms with van der Waals surface area (Å²) in [5.41, 5.74) is 1.26. The van der Waals surface area contributed by atoms with E-state index in [0.717, 1.165) is 12.8 Å². The van der Waals surface area contributed by atoms with Gasteiger partial charge in [-0.1, -0.05) is 37.3 Å². The van der Waals surface area contributed by atoms with Crippen LogP contribution in [0.3, 0.4) is 0 Å². The van der Waals surface area contributed by atoms with Gasteiger partial charge in [0, 0.05) is 51.6 Å². The number of hydrogen-bond donors (Lipinski definition) is 1. The van der Waals surface area contributed by atoms with Crippen LogP contribution in [0.25, 0.3) is 0 Å². The van der Waals surface area contributed by atoms with Crippen molar-refractivity contribution in [2.75, 3.05) is 39.8 Å². The summed E-state index contributed by atoms with van der Waals surface area (Å²) in [7, 11) is 1.94. The lowest BCUT2D eigenvalue weighted by Gasteiger charge is -2.37. The second kappa shape index (κ2) is 10.6. The molecule has 0 radical (unpaired) electrons. The lowest BCUT2D eigenvalue weighted by molar-refractivity contribution is -0.142. The number of benzene rings is 1. The molecule has 2 fully saturated rings. The maximum Gasteiger partial charge on any atom is 0.240 e. The Labute approximate surface area is 179 Å². The fourth-order valence-electron chi connectivity index (χ4n) is 4.36. The van der Waals surface area contributed by atoms with Crippen LogP contribution in [0.4, 0.5) is 0 Å². The highest BCUT2D eigenvalue weighted by molar-refractivity contribution is 5.83. The van der Waals surface area contributed by atoms with Crippen LogP contribution in [0.15, 0.2) is 30.3 Å². The Morgan fingerprint density at radius 3 is 2.37 bits per heavy atom. The molecular formula is C23H34N4O3. The number of hydrogen-bond acceptors (Lipinski definition) is 4. The molecule has 2 atom stereocenters. The van der Waals surface area contributed by atoms with Crippen molar-refractivity contribution in [3.05, 3.63) is 35.9 Å². The monoisotopic (exact) mass is 414 g/mol. The fourth-order valence-corrected chi connectivity index (χ4v) is 4.36. The number of carbonyl (C=O) groups excluding carboxylic acids is 3. The van der Waals surface area contributed by atoms with Gasteiger partial charge in [0.1, 0.15) is 0 Å². The fraction of sp³-hybridized carbons (Fsp3) is 0.609. The normalized spacial score (nSPS) is 22.2. The Kier molecular flexibility index (Phi) is 7.85. The van der Waals surface area contributed by atoms with Crippen LogP contribution in [0.2, 0.25) is 0 Å². The Morgan fingerprint density at radius 1 is 1.03 bits per heavy atom. The molecule has 1 aromatic rings. The minimum Gasteiger partial charge on any atom is -0.352 e. The molecule has 0 saturated carbocycles.